The molecule has 2 aliphatic rings. The predicted octanol–water partition coefficient (Wildman–Crippen LogP) is 2.71. The maximum Gasteiger partial charge on any atom is 0.243 e. The molecule has 1 saturated carbocycles. The molecule has 4 nitrogen and oxygen atoms in total. The van der Waals surface area contributed by atoms with Gasteiger partial charge in [-0.15, -0.1) is 0 Å². The van der Waals surface area contributed by atoms with Crippen molar-refractivity contribution in [3.8, 4) is 11.1 Å². The minimum atomic E-state index is -3.43. The highest BCUT2D eigenvalue weighted by Gasteiger charge is 2.44. The number of nitrogens with zero attached hydrogens (tertiary/aromatic N) is 1. The van der Waals surface area contributed by atoms with Gasteiger partial charge in [-0.3, -0.25) is 0 Å². The van der Waals surface area contributed by atoms with Gasteiger partial charge in [0, 0.05) is 19.1 Å². The first-order chi connectivity index (χ1) is 11.6. The maximum atomic E-state index is 12.9. The molecule has 4 rings (SSSR count). The molecular weight excluding hydrogens is 320 g/mol. The van der Waals surface area contributed by atoms with Crippen molar-refractivity contribution in [2.24, 2.45) is 17.6 Å². The van der Waals surface area contributed by atoms with E-state index in [9.17, 15) is 8.42 Å². The molecule has 0 amide bonds. The topological polar surface area (TPSA) is 63.4 Å². The van der Waals surface area contributed by atoms with Gasteiger partial charge in [0.1, 0.15) is 0 Å². The Morgan fingerprint density at radius 1 is 0.875 bits per heavy atom. The van der Waals surface area contributed by atoms with Crippen LogP contribution in [0.4, 0.5) is 0 Å². The van der Waals surface area contributed by atoms with Crippen molar-refractivity contribution in [2.75, 3.05) is 13.1 Å². The Hall–Kier alpha value is -1.69. The summed E-state index contributed by atoms with van der Waals surface area (Å²) in [6.07, 6.45) is 2.07. The summed E-state index contributed by atoms with van der Waals surface area (Å²) >= 11 is 0. The van der Waals surface area contributed by atoms with Crippen LogP contribution in [0, 0.1) is 11.8 Å². The zero-order valence-corrected chi connectivity index (χ0v) is 14.3. The molecule has 0 bridgehead atoms. The zero-order chi connectivity index (χ0) is 16.7. The van der Waals surface area contributed by atoms with Gasteiger partial charge < -0.3 is 5.73 Å². The molecule has 0 aromatic heterocycles. The lowest BCUT2D eigenvalue weighted by Crippen LogP contribution is -2.33. The molecule has 2 fully saturated rings. The van der Waals surface area contributed by atoms with E-state index in [1.807, 2.05) is 42.5 Å². The minimum Gasteiger partial charge on any atom is -0.327 e. The fraction of sp³-hybridized carbons (Fsp3) is 0.368. The molecule has 24 heavy (non-hydrogen) atoms. The molecule has 1 aliphatic carbocycles. The van der Waals surface area contributed by atoms with Crippen LogP contribution in [-0.4, -0.2) is 31.9 Å². The molecule has 1 saturated heterocycles. The first kappa shape index (κ1) is 15.8. The SMILES string of the molecule is NC1CCC2CN(S(=O)(=O)c3ccc(-c4ccccc4)cc3)CC12. The summed E-state index contributed by atoms with van der Waals surface area (Å²) < 4.78 is 27.4. The van der Waals surface area contributed by atoms with Crippen LogP contribution in [-0.2, 0) is 10.0 Å². The van der Waals surface area contributed by atoms with Gasteiger partial charge in [0.05, 0.1) is 4.90 Å². The third-order valence-electron chi connectivity index (χ3n) is 5.48. The Morgan fingerprint density at radius 2 is 1.54 bits per heavy atom. The van der Waals surface area contributed by atoms with Crippen molar-refractivity contribution in [3.05, 3.63) is 54.6 Å². The maximum absolute atomic E-state index is 12.9. The molecular formula is C19H22N2O2S. The molecule has 5 heteroatoms. The van der Waals surface area contributed by atoms with Crippen molar-refractivity contribution < 1.29 is 8.42 Å². The van der Waals surface area contributed by atoms with Crippen LogP contribution in [0.3, 0.4) is 0 Å². The summed E-state index contributed by atoms with van der Waals surface area (Å²) in [5.74, 6) is 0.752. The molecule has 3 atom stereocenters. The van der Waals surface area contributed by atoms with E-state index in [4.69, 9.17) is 5.73 Å². The van der Waals surface area contributed by atoms with Gasteiger partial charge in [0.15, 0.2) is 0 Å². The Kier molecular flexibility index (Phi) is 3.95. The van der Waals surface area contributed by atoms with Gasteiger partial charge >= 0.3 is 0 Å². The van der Waals surface area contributed by atoms with Crippen molar-refractivity contribution in [1.82, 2.24) is 4.31 Å². The average molecular weight is 342 g/mol. The van der Waals surface area contributed by atoms with E-state index in [0.29, 0.717) is 29.8 Å². The highest BCUT2D eigenvalue weighted by Crippen LogP contribution is 2.39. The highest BCUT2D eigenvalue weighted by molar-refractivity contribution is 7.89. The molecule has 2 aromatic rings. The highest BCUT2D eigenvalue weighted by atomic mass is 32.2. The van der Waals surface area contributed by atoms with Crippen LogP contribution in [0.25, 0.3) is 11.1 Å². The van der Waals surface area contributed by atoms with Crippen LogP contribution in [0.1, 0.15) is 12.8 Å². The number of rotatable bonds is 3. The largest absolute Gasteiger partial charge is 0.327 e. The van der Waals surface area contributed by atoms with Crippen LogP contribution >= 0.6 is 0 Å². The zero-order valence-electron chi connectivity index (χ0n) is 13.5. The summed E-state index contributed by atoms with van der Waals surface area (Å²) in [7, 11) is -3.43. The fourth-order valence-electron chi connectivity index (χ4n) is 4.06. The van der Waals surface area contributed by atoms with Crippen LogP contribution < -0.4 is 5.73 Å². The first-order valence-electron chi connectivity index (χ1n) is 8.47. The third-order valence-corrected chi connectivity index (χ3v) is 7.32. The standard InChI is InChI=1S/C19H22N2O2S/c20-19-11-8-16-12-21(13-18(16)19)24(22,23)17-9-6-15(7-10-17)14-4-2-1-3-5-14/h1-7,9-10,16,18-19H,8,11-13,20H2. The number of hydrogen-bond donors (Lipinski definition) is 1. The first-order valence-corrected chi connectivity index (χ1v) is 9.91. The smallest absolute Gasteiger partial charge is 0.243 e. The van der Waals surface area contributed by atoms with Crippen molar-refractivity contribution >= 4 is 10.0 Å². The molecule has 2 N–H and O–H groups in total. The summed E-state index contributed by atoms with van der Waals surface area (Å²) in [5, 5.41) is 0. The van der Waals surface area contributed by atoms with E-state index in [0.717, 1.165) is 24.0 Å². The number of sulfonamides is 1. The lowest BCUT2D eigenvalue weighted by molar-refractivity contribution is 0.427. The molecule has 1 aliphatic heterocycles. The number of hydrogen-bond acceptors (Lipinski definition) is 3. The second-order valence-electron chi connectivity index (χ2n) is 6.88. The van der Waals surface area contributed by atoms with Gasteiger partial charge in [-0.25, -0.2) is 8.42 Å². The summed E-state index contributed by atoms with van der Waals surface area (Å²) in [6, 6.07) is 17.3. The Labute approximate surface area is 143 Å². The molecule has 2 aromatic carbocycles. The monoisotopic (exact) mass is 342 g/mol. The second-order valence-corrected chi connectivity index (χ2v) is 8.82. The van der Waals surface area contributed by atoms with Gasteiger partial charge in [-0.2, -0.15) is 4.31 Å². The van der Waals surface area contributed by atoms with Crippen LogP contribution in [0.5, 0.6) is 0 Å². The fourth-order valence-corrected chi connectivity index (χ4v) is 5.60. The van der Waals surface area contributed by atoms with E-state index in [2.05, 4.69) is 0 Å². The lowest BCUT2D eigenvalue weighted by Gasteiger charge is -2.18. The van der Waals surface area contributed by atoms with E-state index in [-0.39, 0.29) is 6.04 Å². The lowest BCUT2D eigenvalue weighted by atomic mass is 9.98. The van der Waals surface area contributed by atoms with E-state index < -0.39 is 10.0 Å². The van der Waals surface area contributed by atoms with Gasteiger partial charge in [0.25, 0.3) is 0 Å². The van der Waals surface area contributed by atoms with Gasteiger partial charge in [-0.05, 0) is 47.9 Å². The van der Waals surface area contributed by atoms with Gasteiger partial charge in [0.2, 0.25) is 10.0 Å². The molecule has 3 unspecified atom stereocenters. The van der Waals surface area contributed by atoms with E-state index in [1.165, 1.54) is 0 Å². The summed E-state index contributed by atoms with van der Waals surface area (Å²) in [6.45, 7) is 1.18. The van der Waals surface area contributed by atoms with Gasteiger partial charge in [-0.1, -0.05) is 42.5 Å². The molecule has 0 spiro atoms. The third kappa shape index (κ3) is 2.66. The summed E-state index contributed by atoms with van der Waals surface area (Å²) in [5.41, 5.74) is 8.24. The van der Waals surface area contributed by atoms with Crippen molar-refractivity contribution in [3.63, 3.8) is 0 Å². The second kappa shape index (κ2) is 5.99. The van der Waals surface area contributed by atoms with Crippen molar-refractivity contribution in [1.29, 1.82) is 0 Å². The average Bonchev–Trinajstić information content (AvgIpc) is 3.19. The number of fused-ring (bicyclic) bond motifs is 1. The van der Waals surface area contributed by atoms with E-state index >= 15 is 0 Å². The Bertz CT molecular complexity index is 818. The molecule has 126 valence electrons. The molecule has 0 radical (unpaired) electrons. The van der Waals surface area contributed by atoms with E-state index in [1.54, 1.807) is 16.4 Å². The Morgan fingerprint density at radius 3 is 2.21 bits per heavy atom. The minimum absolute atomic E-state index is 0.149. The number of benzene rings is 2. The number of nitrogens with two attached hydrogens (primary N) is 1. The van der Waals surface area contributed by atoms with Crippen LogP contribution in [0.15, 0.2) is 59.5 Å². The quantitative estimate of drug-likeness (QED) is 0.933. The van der Waals surface area contributed by atoms with Crippen molar-refractivity contribution in [2.45, 2.75) is 23.8 Å². The van der Waals surface area contributed by atoms with Crippen LogP contribution in [0.2, 0.25) is 0 Å². The summed E-state index contributed by atoms with van der Waals surface area (Å²) in [4.78, 5) is 0.371. The Balaban J connectivity index is 1.57. The normalized spacial score (nSPS) is 27.3. The predicted molar refractivity (Wildman–Crippen MR) is 94.8 cm³/mol. The molecule has 1 heterocycles.